The van der Waals surface area contributed by atoms with Gasteiger partial charge in [-0.2, -0.15) is 0 Å². The largest absolute Gasteiger partial charge is 0.298 e. The summed E-state index contributed by atoms with van der Waals surface area (Å²) in [6.07, 6.45) is 5.77. The Balaban J connectivity index is 2.27. The molecule has 3 unspecified atom stereocenters. The number of carbonyl (C=O) groups excluding carboxylic acids is 1. The van der Waals surface area contributed by atoms with Crippen molar-refractivity contribution in [3.63, 3.8) is 0 Å². The van der Waals surface area contributed by atoms with Crippen LogP contribution in [0.4, 0.5) is 0 Å². The molecular weight excluding hydrogens is 148 g/mol. The van der Waals surface area contributed by atoms with Gasteiger partial charge in [-0.15, -0.1) is 11.6 Å². The van der Waals surface area contributed by atoms with E-state index in [0.717, 1.165) is 12.8 Å². The van der Waals surface area contributed by atoms with Gasteiger partial charge in [0.15, 0.2) is 5.78 Å². The molecule has 0 aliphatic heterocycles. The maximum atomic E-state index is 11.2. The van der Waals surface area contributed by atoms with Gasteiger partial charge >= 0.3 is 0 Å². The molecule has 0 radical (unpaired) electrons. The Morgan fingerprint density at radius 2 is 2.60 bits per heavy atom. The lowest BCUT2D eigenvalue weighted by Crippen LogP contribution is -2.48. The van der Waals surface area contributed by atoms with Crippen molar-refractivity contribution in [3.8, 4) is 0 Å². The van der Waals surface area contributed by atoms with Gasteiger partial charge in [0.25, 0.3) is 0 Å². The molecule has 2 aliphatic carbocycles. The molecular formula is C8H9ClO. The summed E-state index contributed by atoms with van der Waals surface area (Å²) in [4.78, 5) is 11.2. The van der Waals surface area contributed by atoms with Gasteiger partial charge in [0.05, 0.1) is 6.72 Å². The minimum atomic E-state index is -1.33. The number of alkyl halides is 1. The van der Waals surface area contributed by atoms with E-state index in [1.54, 1.807) is 0 Å². The number of Topliss-reactive ketones (excluding diaryl/α,β-unsaturated/α-hetero) is 1. The van der Waals surface area contributed by atoms with Crippen molar-refractivity contribution in [1.82, 2.24) is 0 Å². The minimum Gasteiger partial charge on any atom is -0.298 e. The maximum Gasteiger partial charge on any atom is 0.155 e. The highest BCUT2D eigenvalue weighted by atomic mass is 35.5. The first kappa shape index (κ1) is 5.36. The molecule has 3 atom stereocenters. The van der Waals surface area contributed by atoms with Gasteiger partial charge in [0.1, 0.15) is 0 Å². The third-order valence-electron chi connectivity index (χ3n) is 2.29. The number of allylic oxidation sites excluding steroid dienone is 2. The monoisotopic (exact) mass is 157 g/mol. The smallest absolute Gasteiger partial charge is 0.155 e. The lowest BCUT2D eigenvalue weighted by molar-refractivity contribution is -0.132. The normalized spacial score (nSPS) is 53.3. The highest BCUT2D eigenvalue weighted by Crippen LogP contribution is 2.41. The Morgan fingerprint density at radius 3 is 3.30 bits per heavy atom. The van der Waals surface area contributed by atoms with Crippen LogP contribution in [-0.2, 0) is 4.79 Å². The third kappa shape index (κ3) is 0.671. The van der Waals surface area contributed by atoms with Crippen molar-refractivity contribution in [2.45, 2.75) is 18.2 Å². The van der Waals surface area contributed by atoms with Crippen LogP contribution in [0, 0.1) is 11.8 Å². The molecule has 2 rings (SSSR count). The second kappa shape index (κ2) is 2.09. The molecule has 1 saturated carbocycles. The van der Waals surface area contributed by atoms with Gasteiger partial charge in [-0.05, 0) is 12.8 Å². The molecule has 0 saturated heterocycles. The molecule has 0 aromatic rings. The van der Waals surface area contributed by atoms with Crippen LogP contribution >= 0.6 is 11.6 Å². The number of rotatable bonds is 0. The fraction of sp³-hybridized carbons (Fsp3) is 0.625. The lowest BCUT2D eigenvalue weighted by atomic mass is 9.67. The van der Waals surface area contributed by atoms with Crippen molar-refractivity contribution in [2.75, 3.05) is 0 Å². The molecule has 1 fully saturated rings. The number of ketones is 1. The average molecular weight is 158 g/mol. The Hall–Kier alpha value is -0.300. The fourth-order valence-electron chi connectivity index (χ4n) is 1.63. The SMILES string of the molecule is [2H]C1(Cl)C(=O)C2CCC=CC21. The predicted octanol–water partition coefficient (Wildman–Crippen LogP) is 1.76. The fourth-order valence-corrected chi connectivity index (χ4v) is 2.00. The first-order valence-corrected chi connectivity index (χ1v) is 3.91. The summed E-state index contributed by atoms with van der Waals surface area (Å²) in [6, 6.07) is 0. The van der Waals surface area contributed by atoms with Crippen molar-refractivity contribution in [1.29, 1.82) is 0 Å². The molecule has 0 heterocycles. The van der Waals surface area contributed by atoms with Gasteiger partial charge < -0.3 is 0 Å². The summed E-state index contributed by atoms with van der Waals surface area (Å²) in [5, 5.41) is -1.33. The highest BCUT2D eigenvalue weighted by Gasteiger charge is 2.47. The summed E-state index contributed by atoms with van der Waals surface area (Å²) in [7, 11) is 0. The molecule has 0 N–H and O–H groups in total. The minimum absolute atomic E-state index is 0.0228. The zero-order valence-electron chi connectivity index (χ0n) is 6.51. The Morgan fingerprint density at radius 1 is 1.80 bits per heavy atom. The molecule has 0 aromatic carbocycles. The van der Waals surface area contributed by atoms with Crippen LogP contribution in [0.25, 0.3) is 0 Å². The van der Waals surface area contributed by atoms with Gasteiger partial charge in [-0.3, -0.25) is 4.79 Å². The third-order valence-corrected chi connectivity index (χ3v) is 2.72. The summed E-state index contributed by atoms with van der Waals surface area (Å²) < 4.78 is 7.46. The average Bonchev–Trinajstić information content (AvgIpc) is 2.04. The maximum absolute atomic E-state index is 11.2. The van der Waals surface area contributed by atoms with Crippen molar-refractivity contribution < 1.29 is 6.17 Å². The molecule has 0 aromatic heterocycles. The quantitative estimate of drug-likeness (QED) is 0.387. The Kier molecular flexibility index (Phi) is 1.12. The van der Waals surface area contributed by atoms with Gasteiger partial charge in [0, 0.05) is 11.8 Å². The van der Waals surface area contributed by atoms with E-state index in [1.807, 2.05) is 12.2 Å². The van der Waals surface area contributed by atoms with Crippen LogP contribution < -0.4 is 0 Å². The van der Waals surface area contributed by atoms with E-state index in [1.165, 1.54) is 0 Å². The van der Waals surface area contributed by atoms with Crippen LogP contribution in [-0.4, -0.2) is 11.1 Å². The van der Waals surface area contributed by atoms with Crippen LogP contribution in [0.1, 0.15) is 14.2 Å². The van der Waals surface area contributed by atoms with Crippen molar-refractivity contribution in [2.24, 2.45) is 11.8 Å². The zero-order valence-corrected chi connectivity index (χ0v) is 6.27. The predicted molar refractivity (Wildman–Crippen MR) is 40.0 cm³/mol. The number of carbonyl (C=O) groups is 1. The van der Waals surface area contributed by atoms with Crippen molar-refractivity contribution in [3.05, 3.63) is 12.2 Å². The van der Waals surface area contributed by atoms with Crippen LogP contribution in [0.15, 0.2) is 12.2 Å². The van der Waals surface area contributed by atoms with E-state index < -0.39 is 5.35 Å². The van der Waals surface area contributed by atoms with Gasteiger partial charge in [0.2, 0.25) is 0 Å². The molecule has 2 heteroatoms. The van der Waals surface area contributed by atoms with Gasteiger partial charge in [-0.25, -0.2) is 0 Å². The topological polar surface area (TPSA) is 17.1 Å². The first-order valence-electron chi connectivity index (χ1n) is 4.04. The summed E-state index contributed by atoms with van der Waals surface area (Å²) in [5.74, 6) is -0.0612. The van der Waals surface area contributed by atoms with E-state index in [0.29, 0.717) is 0 Å². The molecule has 0 amide bonds. The van der Waals surface area contributed by atoms with Crippen LogP contribution in [0.3, 0.4) is 0 Å². The first-order chi connectivity index (χ1) is 5.14. The summed E-state index contributed by atoms with van der Waals surface area (Å²) >= 11 is 5.69. The molecule has 54 valence electrons. The zero-order chi connectivity index (χ0) is 8.06. The number of halogens is 1. The van der Waals surface area contributed by atoms with Crippen molar-refractivity contribution >= 4 is 17.4 Å². The molecule has 0 bridgehead atoms. The number of hydrogen-bond acceptors (Lipinski definition) is 1. The second-order valence-electron chi connectivity index (χ2n) is 2.85. The summed E-state index contributed by atoms with van der Waals surface area (Å²) in [6.45, 7) is 0. The standard InChI is InChI=1S/C8H9ClO/c9-7-5-3-1-2-4-6(5)8(7)10/h1,3,5-7H,2,4H2/i7D. The van der Waals surface area contributed by atoms with Crippen LogP contribution in [0.5, 0.6) is 0 Å². The van der Waals surface area contributed by atoms with Gasteiger partial charge in [-0.1, -0.05) is 12.2 Å². The number of hydrogen-bond donors (Lipinski definition) is 0. The van der Waals surface area contributed by atoms with Crippen LogP contribution in [0.2, 0.25) is 0 Å². The highest BCUT2D eigenvalue weighted by molar-refractivity contribution is 6.34. The molecule has 10 heavy (non-hydrogen) atoms. The second-order valence-corrected chi connectivity index (χ2v) is 3.26. The molecule has 2 aliphatic rings. The summed E-state index contributed by atoms with van der Waals surface area (Å²) in [5.41, 5.74) is 0. The molecule has 0 spiro atoms. The van der Waals surface area contributed by atoms with E-state index in [-0.39, 0.29) is 17.6 Å². The van der Waals surface area contributed by atoms with E-state index in [2.05, 4.69) is 0 Å². The van der Waals surface area contributed by atoms with E-state index in [4.69, 9.17) is 13.0 Å². The Labute approximate surface area is 66.5 Å². The molecule has 1 nitrogen and oxygen atoms in total. The van der Waals surface area contributed by atoms with E-state index in [9.17, 15) is 4.79 Å². The van der Waals surface area contributed by atoms with E-state index >= 15 is 0 Å². The lowest BCUT2D eigenvalue weighted by Gasteiger charge is -2.39. The Bertz CT molecular complexity index is 234. The number of fused-ring (bicyclic) bond motifs is 1.